The second-order valence-corrected chi connectivity index (χ2v) is 6.45. The largest absolute Gasteiger partial charge is 0.483 e. The number of rotatable bonds is 3. The van der Waals surface area contributed by atoms with Crippen LogP contribution in [0.15, 0.2) is 36.4 Å². The highest BCUT2D eigenvalue weighted by atomic mass is 35.5. The van der Waals surface area contributed by atoms with E-state index in [-0.39, 0.29) is 5.60 Å². The zero-order valence-electron chi connectivity index (χ0n) is 12.0. The molecule has 1 aliphatic heterocycles. The third kappa shape index (κ3) is 2.97. The first-order chi connectivity index (χ1) is 9.98. The lowest BCUT2D eigenvalue weighted by atomic mass is 10.0. The van der Waals surface area contributed by atoms with Gasteiger partial charge in [0.1, 0.15) is 11.4 Å². The quantitative estimate of drug-likeness (QED) is 0.686. The number of para-hydroxylation sites is 1. The van der Waals surface area contributed by atoms with Crippen molar-refractivity contribution in [3.63, 3.8) is 0 Å². The Morgan fingerprint density at radius 1 is 1.24 bits per heavy atom. The molecule has 110 valence electrons. The Kier molecular flexibility index (Phi) is 3.76. The van der Waals surface area contributed by atoms with Crippen LogP contribution in [-0.4, -0.2) is 5.60 Å². The molecule has 0 atom stereocenters. The predicted octanol–water partition coefficient (Wildman–Crippen LogP) is 5.58. The minimum atomic E-state index is -0.193. The van der Waals surface area contributed by atoms with Gasteiger partial charge in [-0.1, -0.05) is 29.8 Å². The number of ether oxygens (including phenoxy) is 2. The number of hydrogen-bond acceptors (Lipinski definition) is 2. The normalized spacial score (nSPS) is 15.4. The summed E-state index contributed by atoms with van der Waals surface area (Å²) >= 11 is 12.0. The predicted molar refractivity (Wildman–Crippen MR) is 85.9 cm³/mol. The lowest BCUT2D eigenvalue weighted by molar-refractivity contribution is 0.135. The van der Waals surface area contributed by atoms with E-state index in [1.807, 2.05) is 24.3 Å². The highest BCUT2D eigenvalue weighted by Crippen LogP contribution is 2.43. The maximum absolute atomic E-state index is 6.16. The lowest BCUT2D eigenvalue weighted by Gasteiger charge is -2.18. The van der Waals surface area contributed by atoms with Gasteiger partial charge in [0.25, 0.3) is 0 Å². The van der Waals surface area contributed by atoms with Crippen LogP contribution >= 0.6 is 23.2 Å². The number of fused-ring (bicyclic) bond motifs is 1. The van der Waals surface area contributed by atoms with Crippen LogP contribution in [0.5, 0.6) is 17.2 Å². The summed E-state index contributed by atoms with van der Waals surface area (Å²) in [6, 6.07) is 11.5. The SMILES string of the molecule is CC1(C)Cc2cccc(Oc3ccc(CCl)c(Cl)c3)c2O1. The molecule has 0 aliphatic carbocycles. The monoisotopic (exact) mass is 322 g/mol. The van der Waals surface area contributed by atoms with Crippen LogP contribution in [-0.2, 0) is 12.3 Å². The van der Waals surface area contributed by atoms with Gasteiger partial charge >= 0.3 is 0 Å². The average Bonchev–Trinajstić information content (AvgIpc) is 2.74. The molecule has 0 unspecified atom stereocenters. The molecule has 21 heavy (non-hydrogen) atoms. The molecule has 0 aromatic heterocycles. The first kappa shape index (κ1) is 14.6. The molecule has 0 bridgehead atoms. The van der Waals surface area contributed by atoms with E-state index in [9.17, 15) is 0 Å². The molecule has 3 rings (SSSR count). The maximum Gasteiger partial charge on any atom is 0.169 e. The van der Waals surface area contributed by atoms with E-state index in [1.165, 1.54) is 5.56 Å². The second-order valence-electron chi connectivity index (χ2n) is 5.77. The summed E-state index contributed by atoms with van der Waals surface area (Å²) < 4.78 is 11.9. The van der Waals surface area contributed by atoms with Crippen LogP contribution in [0.3, 0.4) is 0 Å². The van der Waals surface area contributed by atoms with E-state index >= 15 is 0 Å². The van der Waals surface area contributed by atoms with Crippen molar-refractivity contribution in [3.8, 4) is 17.2 Å². The molecule has 0 saturated carbocycles. The van der Waals surface area contributed by atoms with Gasteiger partial charge < -0.3 is 9.47 Å². The Hall–Kier alpha value is -1.38. The van der Waals surface area contributed by atoms with E-state index < -0.39 is 0 Å². The van der Waals surface area contributed by atoms with Crippen molar-refractivity contribution in [2.45, 2.75) is 31.7 Å². The molecule has 1 aliphatic rings. The molecule has 0 amide bonds. The molecule has 0 fully saturated rings. The molecule has 1 heterocycles. The molecular formula is C17H16Cl2O2. The number of benzene rings is 2. The fourth-order valence-electron chi connectivity index (χ4n) is 2.49. The Morgan fingerprint density at radius 2 is 2.05 bits per heavy atom. The van der Waals surface area contributed by atoms with Gasteiger partial charge in [0.15, 0.2) is 11.5 Å². The van der Waals surface area contributed by atoms with Crippen molar-refractivity contribution in [1.82, 2.24) is 0 Å². The third-order valence-electron chi connectivity index (χ3n) is 3.45. The van der Waals surface area contributed by atoms with Crippen LogP contribution in [0, 0.1) is 0 Å². The van der Waals surface area contributed by atoms with Crippen molar-refractivity contribution in [2.24, 2.45) is 0 Å². The lowest BCUT2D eigenvalue weighted by Crippen LogP contribution is -2.24. The van der Waals surface area contributed by atoms with Crippen molar-refractivity contribution in [3.05, 3.63) is 52.5 Å². The van der Waals surface area contributed by atoms with Gasteiger partial charge in [-0.05, 0) is 37.6 Å². The molecular weight excluding hydrogens is 307 g/mol. The van der Waals surface area contributed by atoms with Crippen molar-refractivity contribution in [2.75, 3.05) is 0 Å². The van der Waals surface area contributed by atoms with E-state index in [1.54, 1.807) is 6.07 Å². The Balaban J connectivity index is 1.90. The standard InChI is InChI=1S/C17H16Cl2O2/c1-17(2)9-11-4-3-5-15(16(11)21-17)20-13-7-6-12(10-18)14(19)8-13/h3-8H,9-10H2,1-2H3. The number of halogens is 2. The molecule has 0 saturated heterocycles. The summed E-state index contributed by atoms with van der Waals surface area (Å²) in [5, 5.41) is 0.608. The third-order valence-corrected chi connectivity index (χ3v) is 4.09. The fourth-order valence-corrected chi connectivity index (χ4v) is 3.03. The molecule has 2 aromatic rings. The van der Waals surface area contributed by atoms with E-state index in [4.69, 9.17) is 32.7 Å². The average molecular weight is 323 g/mol. The van der Waals surface area contributed by atoms with Crippen LogP contribution in [0.4, 0.5) is 0 Å². The summed E-state index contributed by atoms with van der Waals surface area (Å²) in [5.74, 6) is 2.60. The molecule has 4 heteroatoms. The van der Waals surface area contributed by atoms with Crippen molar-refractivity contribution < 1.29 is 9.47 Å². The minimum Gasteiger partial charge on any atom is -0.483 e. The van der Waals surface area contributed by atoms with Crippen molar-refractivity contribution >= 4 is 23.2 Å². The summed E-state index contributed by atoms with van der Waals surface area (Å²) in [6.07, 6.45) is 0.880. The topological polar surface area (TPSA) is 18.5 Å². The van der Waals surface area contributed by atoms with Gasteiger partial charge in [0.05, 0.1) is 0 Å². The Morgan fingerprint density at radius 3 is 2.76 bits per heavy atom. The zero-order chi connectivity index (χ0) is 15.0. The Bertz CT molecular complexity index is 680. The second kappa shape index (κ2) is 5.43. The minimum absolute atomic E-state index is 0.193. The van der Waals surface area contributed by atoms with Gasteiger partial charge in [-0.25, -0.2) is 0 Å². The van der Waals surface area contributed by atoms with E-state index in [2.05, 4.69) is 19.9 Å². The zero-order valence-corrected chi connectivity index (χ0v) is 13.5. The van der Waals surface area contributed by atoms with E-state index in [0.717, 1.165) is 17.7 Å². The fraction of sp³-hybridized carbons (Fsp3) is 0.294. The molecule has 0 N–H and O–H groups in total. The number of alkyl halides is 1. The van der Waals surface area contributed by atoms with Crippen LogP contribution in [0.2, 0.25) is 5.02 Å². The molecule has 0 spiro atoms. The smallest absolute Gasteiger partial charge is 0.169 e. The highest BCUT2D eigenvalue weighted by molar-refractivity contribution is 6.32. The van der Waals surface area contributed by atoms with Crippen LogP contribution in [0.25, 0.3) is 0 Å². The summed E-state index contributed by atoms with van der Waals surface area (Å²) in [7, 11) is 0. The molecule has 2 aromatic carbocycles. The van der Waals surface area contributed by atoms with Gasteiger partial charge in [-0.3, -0.25) is 0 Å². The Labute approximate surface area is 134 Å². The first-order valence-electron chi connectivity index (χ1n) is 6.82. The van der Waals surface area contributed by atoms with Crippen LogP contribution in [0.1, 0.15) is 25.0 Å². The summed E-state index contributed by atoms with van der Waals surface area (Å²) in [6.45, 7) is 4.14. The van der Waals surface area contributed by atoms with Crippen molar-refractivity contribution in [1.29, 1.82) is 0 Å². The van der Waals surface area contributed by atoms with Gasteiger partial charge in [0.2, 0.25) is 0 Å². The maximum atomic E-state index is 6.16. The van der Waals surface area contributed by atoms with Gasteiger partial charge in [-0.15, -0.1) is 11.6 Å². The summed E-state index contributed by atoms with van der Waals surface area (Å²) in [5.41, 5.74) is 1.87. The molecule has 0 radical (unpaired) electrons. The van der Waals surface area contributed by atoms with Crippen LogP contribution < -0.4 is 9.47 Å². The van der Waals surface area contributed by atoms with Gasteiger partial charge in [0, 0.05) is 22.9 Å². The van der Waals surface area contributed by atoms with E-state index in [0.29, 0.717) is 22.4 Å². The number of hydrogen-bond donors (Lipinski definition) is 0. The highest BCUT2D eigenvalue weighted by Gasteiger charge is 2.32. The van der Waals surface area contributed by atoms with Gasteiger partial charge in [-0.2, -0.15) is 0 Å². The molecule has 2 nitrogen and oxygen atoms in total. The summed E-state index contributed by atoms with van der Waals surface area (Å²) in [4.78, 5) is 0. The first-order valence-corrected chi connectivity index (χ1v) is 7.73.